The highest BCUT2D eigenvalue weighted by Gasteiger charge is 2.19. The summed E-state index contributed by atoms with van der Waals surface area (Å²) in [6.45, 7) is 4.43. The SMILES string of the molecule is Cc1ccc(C(N)CCN2CCCS(=O)(=O)CC2)cc1. The summed E-state index contributed by atoms with van der Waals surface area (Å²) in [6.07, 6.45) is 1.60. The first-order valence-electron chi connectivity index (χ1n) is 7.21. The fourth-order valence-corrected chi connectivity index (χ4v) is 3.83. The molecule has 1 saturated heterocycles. The number of nitrogens with zero attached hydrogens (tertiary/aromatic N) is 1. The van der Waals surface area contributed by atoms with Gasteiger partial charge in [-0.2, -0.15) is 0 Å². The highest BCUT2D eigenvalue weighted by Crippen LogP contribution is 2.16. The van der Waals surface area contributed by atoms with E-state index in [0.717, 1.165) is 31.5 Å². The van der Waals surface area contributed by atoms with Gasteiger partial charge in [-0.3, -0.25) is 0 Å². The molecule has 112 valence electrons. The average molecular weight is 296 g/mol. The van der Waals surface area contributed by atoms with Gasteiger partial charge in [-0.05, 0) is 38.4 Å². The Hall–Kier alpha value is -0.910. The van der Waals surface area contributed by atoms with Crippen LogP contribution >= 0.6 is 0 Å². The molecule has 20 heavy (non-hydrogen) atoms. The van der Waals surface area contributed by atoms with Crippen LogP contribution in [0.5, 0.6) is 0 Å². The summed E-state index contributed by atoms with van der Waals surface area (Å²) in [4.78, 5) is 2.22. The van der Waals surface area contributed by atoms with E-state index in [1.807, 2.05) is 0 Å². The van der Waals surface area contributed by atoms with Crippen LogP contribution in [0.15, 0.2) is 24.3 Å². The summed E-state index contributed by atoms with van der Waals surface area (Å²) in [7, 11) is -2.82. The van der Waals surface area contributed by atoms with Crippen molar-refractivity contribution in [3.05, 3.63) is 35.4 Å². The van der Waals surface area contributed by atoms with Crippen molar-refractivity contribution in [1.82, 2.24) is 4.90 Å². The minimum absolute atomic E-state index is 0.0236. The van der Waals surface area contributed by atoms with Crippen molar-refractivity contribution in [1.29, 1.82) is 0 Å². The Morgan fingerprint density at radius 1 is 1.20 bits per heavy atom. The first kappa shape index (κ1) is 15.5. The first-order chi connectivity index (χ1) is 9.46. The molecule has 0 bridgehead atoms. The summed E-state index contributed by atoms with van der Waals surface area (Å²) < 4.78 is 23.1. The van der Waals surface area contributed by atoms with Crippen LogP contribution in [0.1, 0.15) is 30.0 Å². The van der Waals surface area contributed by atoms with E-state index in [9.17, 15) is 8.42 Å². The number of hydrogen-bond donors (Lipinski definition) is 1. The summed E-state index contributed by atoms with van der Waals surface area (Å²) in [5.41, 5.74) is 8.60. The molecule has 1 atom stereocenters. The van der Waals surface area contributed by atoms with Crippen molar-refractivity contribution in [2.75, 3.05) is 31.1 Å². The maximum absolute atomic E-state index is 11.6. The highest BCUT2D eigenvalue weighted by atomic mass is 32.2. The predicted octanol–water partition coefficient (Wildman–Crippen LogP) is 1.51. The Labute approximate surface area is 121 Å². The highest BCUT2D eigenvalue weighted by molar-refractivity contribution is 7.91. The summed E-state index contributed by atoms with van der Waals surface area (Å²) in [5, 5.41) is 0. The lowest BCUT2D eigenvalue weighted by Gasteiger charge is -2.21. The van der Waals surface area contributed by atoms with Gasteiger partial charge in [0.05, 0.1) is 11.5 Å². The van der Waals surface area contributed by atoms with Crippen molar-refractivity contribution >= 4 is 9.84 Å². The molecule has 1 heterocycles. The van der Waals surface area contributed by atoms with Crippen molar-refractivity contribution in [3.63, 3.8) is 0 Å². The molecule has 1 aliphatic rings. The Bertz CT molecular complexity index is 525. The lowest BCUT2D eigenvalue weighted by molar-refractivity contribution is 0.283. The molecule has 1 fully saturated rings. The molecule has 0 aliphatic carbocycles. The van der Waals surface area contributed by atoms with Gasteiger partial charge in [0.1, 0.15) is 0 Å². The second kappa shape index (κ2) is 6.70. The average Bonchev–Trinajstić information content (AvgIpc) is 2.58. The van der Waals surface area contributed by atoms with Crippen molar-refractivity contribution in [2.45, 2.75) is 25.8 Å². The van der Waals surface area contributed by atoms with E-state index in [4.69, 9.17) is 5.73 Å². The normalized spacial score (nSPS) is 21.3. The van der Waals surface area contributed by atoms with E-state index in [1.165, 1.54) is 5.56 Å². The Morgan fingerprint density at radius 3 is 2.60 bits per heavy atom. The molecule has 0 saturated carbocycles. The number of hydrogen-bond acceptors (Lipinski definition) is 4. The van der Waals surface area contributed by atoms with Gasteiger partial charge in [-0.25, -0.2) is 8.42 Å². The molecule has 1 aromatic carbocycles. The van der Waals surface area contributed by atoms with Crippen molar-refractivity contribution < 1.29 is 8.42 Å². The fourth-order valence-electron chi connectivity index (χ4n) is 2.52. The quantitative estimate of drug-likeness (QED) is 0.914. The summed E-state index contributed by atoms with van der Waals surface area (Å²) >= 11 is 0. The standard InChI is InChI=1S/C15H24N2O2S/c1-13-3-5-14(6-4-13)15(16)7-9-17-8-2-11-20(18,19)12-10-17/h3-6,15H,2,7-12,16H2,1H3. The molecule has 0 aromatic heterocycles. The second-order valence-corrected chi connectivity index (χ2v) is 7.96. The van der Waals surface area contributed by atoms with Crippen LogP contribution < -0.4 is 5.73 Å². The molecule has 0 spiro atoms. The molecule has 4 nitrogen and oxygen atoms in total. The van der Waals surface area contributed by atoms with E-state index in [1.54, 1.807) is 0 Å². The lowest BCUT2D eigenvalue weighted by atomic mass is 10.0. The number of benzene rings is 1. The molecule has 2 N–H and O–H groups in total. The van der Waals surface area contributed by atoms with Crippen LogP contribution in [-0.2, 0) is 9.84 Å². The van der Waals surface area contributed by atoms with E-state index in [0.29, 0.717) is 12.3 Å². The number of aryl methyl sites for hydroxylation is 1. The molecule has 2 rings (SSSR count). The number of sulfone groups is 1. The predicted molar refractivity (Wildman–Crippen MR) is 82.4 cm³/mol. The van der Waals surface area contributed by atoms with Crippen LogP contribution in [0.2, 0.25) is 0 Å². The third-order valence-corrected chi connectivity index (χ3v) is 5.63. The zero-order chi connectivity index (χ0) is 14.6. The fraction of sp³-hybridized carbons (Fsp3) is 0.600. The van der Waals surface area contributed by atoms with Gasteiger partial charge in [0.25, 0.3) is 0 Å². The topological polar surface area (TPSA) is 63.4 Å². The van der Waals surface area contributed by atoms with Gasteiger partial charge in [0, 0.05) is 12.6 Å². The van der Waals surface area contributed by atoms with E-state index >= 15 is 0 Å². The number of rotatable bonds is 4. The minimum atomic E-state index is -2.82. The lowest BCUT2D eigenvalue weighted by Crippen LogP contribution is -2.30. The molecule has 1 unspecified atom stereocenters. The third-order valence-electron chi connectivity index (χ3n) is 3.91. The van der Waals surface area contributed by atoms with E-state index in [2.05, 4.69) is 36.1 Å². The maximum atomic E-state index is 11.6. The van der Waals surface area contributed by atoms with Gasteiger partial charge >= 0.3 is 0 Å². The molecule has 1 aromatic rings. The zero-order valence-corrected chi connectivity index (χ0v) is 12.9. The smallest absolute Gasteiger partial charge is 0.151 e. The second-order valence-electron chi connectivity index (χ2n) is 5.65. The molecular weight excluding hydrogens is 272 g/mol. The van der Waals surface area contributed by atoms with Gasteiger partial charge in [-0.15, -0.1) is 0 Å². The van der Waals surface area contributed by atoms with Gasteiger partial charge < -0.3 is 10.6 Å². The first-order valence-corrected chi connectivity index (χ1v) is 9.03. The van der Waals surface area contributed by atoms with Gasteiger partial charge in [0.15, 0.2) is 9.84 Å². The van der Waals surface area contributed by atoms with E-state index in [-0.39, 0.29) is 11.8 Å². The van der Waals surface area contributed by atoms with Gasteiger partial charge in [0.2, 0.25) is 0 Å². The molecule has 0 amide bonds. The van der Waals surface area contributed by atoms with E-state index < -0.39 is 9.84 Å². The molecular formula is C15H24N2O2S. The van der Waals surface area contributed by atoms with Crippen LogP contribution in [0.4, 0.5) is 0 Å². The molecule has 0 radical (unpaired) electrons. The molecule has 5 heteroatoms. The van der Waals surface area contributed by atoms with Crippen LogP contribution in [-0.4, -0.2) is 44.5 Å². The molecule has 1 aliphatic heterocycles. The Kier molecular flexibility index (Phi) is 5.18. The number of nitrogens with two attached hydrogens (primary N) is 1. The van der Waals surface area contributed by atoms with Crippen LogP contribution in [0.25, 0.3) is 0 Å². The third kappa shape index (κ3) is 4.58. The van der Waals surface area contributed by atoms with Crippen molar-refractivity contribution in [3.8, 4) is 0 Å². The van der Waals surface area contributed by atoms with Gasteiger partial charge in [-0.1, -0.05) is 29.8 Å². The largest absolute Gasteiger partial charge is 0.324 e. The maximum Gasteiger partial charge on any atom is 0.151 e. The minimum Gasteiger partial charge on any atom is -0.324 e. The van der Waals surface area contributed by atoms with Crippen molar-refractivity contribution in [2.24, 2.45) is 5.73 Å². The Morgan fingerprint density at radius 2 is 1.90 bits per heavy atom. The Balaban J connectivity index is 1.84. The summed E-state index contributed by atoms with van der Waals surface area (Å²) in [5.74, 6) is 0.611. The monoisotopic (exact) mass is 296 g/mol. The van der Waals surface area contributed by atoms with Crippen LogP contribution in [0, 0.1) is 6.92 Å². The zero-order valence-electron chi connectivity index (χ0n) is 12.1. The summed E-state index contributed by atoms with van der Waals surface area (Å²) in [6, 6.07) is 8.33. The van der Waals surface area contributed by atoms with Crippen LogP contribution in [0.3, 0.4) is 0 Å².